The van der Waals surface area contributed by atoms with E-state index in [4.69, 9.17) is 5.11 Å². The van der Waals surface area contributed by atoms with Crippen LogP contribution in [-0.4, -0.2) is 35.7 Å². The third-order valence-electron chi connectivity index (χ3n) is 2.19. The first-order valence-electron chi connectivity index (χ1n) is 4.96. The fourth-order valence-electron chi connectivity index (χ4n) is 1.46. The van der Waals surface area contributed by atoms with E-state index in [0.717, 1.165) is 17.0 Å². The molecule has 1 aromatic rings. The lowest BCUT2D eigenvalue weighted by molar-refractivity contribution is -0.144. The number of carbonyl (C=O) groups is 1. The molecule has 0 amide bonds. The smallest absolute Gasteiger partial charge is 0.401 e. The molecule has 0 radical (unpaired) electrons. The van der Waals surface area contributed by atoms with Crippen LogP contribution in [0.15, 0.2) is 18.2 Å². The van der Waals surface area contributed by atoms with Crippen molar-refractivity contribution in [2.24, 2.45) is 0 Å². The van der Waals surface area contributed by atoms with Gasteiger partial charge in [-0.3, -0.25) is 4.90 Å². The van der Waals surface area contributed by atoms with Gasteiger partial charge in [-0.05, 0) is 19.2 Å². The van der Waals surface area contributed by atoms with Crippen LogP contribution in [0, 0.1) is 5.82 Å². The number of aromatic carboxylic acids is 1. The molecule has 7 heteroatoms. The first kappa shape index (κ1) is 14.4. The van der Waals surface area contributed by atoms with E-state index in [1.54, 1.807) is 0 Å². The molecule has 0 aliphatic heterocycles. The summed E-state index contributed by atoms with van der Waals surface area (Å²) < 4.78 is 49.6. The van der Waals surface area contributed by atoms with Crippen molar-refractivity contribution in [1.82, 2.24) is 4.90 Å². The summed E-state index contributed by atoms with van der Waals surface area (Å²) in [4.78, 5) is 11.5. The average Bonchev–Trinajstić information content (AvgIpc) is 2.17. The highest BCUT2D eigenvalue weighted by molar-refractivity contribution is 5.87. The molecule has 0 spiro atoms. The van der Waals surface area contributed by atoms with Gasteiger partial charge < -0.3 is 5.11 Å². The van der Waals surface area contributed by atoms with Gasteiger partial charge in [-0.1, -0.05) is 6.07 Å². The van der Waals surface area contributed by atoms with Gasteiger partial charge in [-0.25, -0.2) is 9.18 Å². The third-order valence-corrected chi connectivity index (χ3v) is 2.19. The normalized spacial score (nSPS) is 11.9. The van der Waals surface area contributed by atoms with Crippen LogP contribution in [0.5, 0.6) is 0 Å². The molecule has 100 valence electrons. The molecular weight excluding hydrogens is 254 g/mol. The van der Waals surface area contributed by atoms with Crippen LogP contribution in [0.25, 0.3) is 0 Å². The lowest BCUT2D eigenvalue weighted by Crippen LogP contribution is -2.30. The second-order valence-corrected chi connectivity index (χ2v) is 3.90. The molecule has 1 N–H and O–H groups in total. The van der Waals surface area contributed by atoms with E-state index in [1.807, 2.05) is 0 Å². The minimum absolute atomic E-state index is 0.0201. The first-order chi connectivity index (χ1) is 8.19. The Balaban J connectivity index is 2.77. The van der Waals surface area contributed by atoms with E-state index in [-0.39, 0.29) is 17.7 Å². The third kappa shape index (κ3) is 4.33. The topological polar surface area (TPSA) is 40.5 Å². The summed E-state index contributed by atoms with van der Waals surface area (Å²) in [6, 6.07) is 3.12. The minimum atomic E-state index is -4.35. The Labute approximate surface area is 101 Å². The van der Waals surface area contributed by atoms with Gasteiger partial charge in [0.1, 0.15) is 5.82 Å². The number of carboxylic acids is 1. The number of halogens is 4. The summed E-state index contributed by atoms with van der Waals surface area (Å²) >= 11 is 0. The summed E-state index contributed by atoms with van der Waals surface area (Å²) in [5.41, 5.74) is -0.221. The summed E-state index contributed by atoms with van der Waals surface area (Å²) in [7, 11) is 1.21. The highest BCUT2D eigenvalue weighted by atomic mass is 19.4. The van der Waals surface area contributed by atoms with E-state index in [9.17, 15) is 22.4 Å². The Hall–Kier alpha value is -1.63. The van der Waals surface area contributed by atoms with Crippen molar-refractivity contribution in [3.05, 3.63) is 35.1 Å². The SMILES string of the molecule is CN(Cc1ccc(C(=O)O)cc1F)CC(F)(F)F. The summed E-state index contributed by atoms with van der Waals surface area (Å²) in [6.07, 6.45) is -4.35. The first-order valence-corrected chi connectivity index (χ1v) is 4.96. The van der Waals surface area contributed by atoms with Gasteiger partial charge in [0.2, 0.25) is 0 Å². The maximum Gasteiger partial charge on any atom is 0.401 e. The highest BCUT2D eigenvalue weighted by Crippen LogP contribution is 2.18. The van der Waals surface area contributed by atoms with Gasteiger partial charge in [0, 0.05) is 12.1 Å². The van der Waals surface area contributed by atoms with E-state index in [1.165, 1.54) is 13.1 Å². The van der Waals surface area contributed by atoms with Crippen LogP contribution in [0.1, 0.15) is 15.9 Å². The molecule has 0 aliphatic rings. The van der Waals surface area contributed by atoms with Crippen molar-refractivity contribution in [3.8, 4) is 0 Å². The Kier molecular flexibility index (Phi) is 4.28. The molecule has 0 saturated carbocycles. The van der Waals surface area contributed by atoms with Gasteiger partial charge in [0.15, 0.2) is 0 Å². The van der Waals surface area contributed by atoms with Crippen LogP contribution >= 0.6 is 0 Å². The molecule has 0 unspecified atom stereocenters. The van der Waals surface area contributed by atoms with Gasteiger partial charge >= 0.3 is 12.1 Å². The van der Waals surface area contributed by atoms with Crippen molar-refractivity contribution in [1.29, 1.82) is 0 Å². The number of carboxylic acid groups (broad SMARTS) is 1. The number of hydrogen-bond acceptors (Lipinski definition) is 2. The zero-order chi connectivity index (χ0) is 13.9. The number of hydrogen-bond donors (Lipinski definition) is 1. The fraction of sp³-hybridized carbons (Fsp3) is 0.364. The van der Waals surface area contributed by atoms with Crippen LogP contribution < -0.4 is 0 Å². The molecule has 1 aromatic carbocycles. The number of rotatable bonds is 4. The van der Waals surface area contributed by atoms with Crippen molar-refractivity contribution in [2.75, 3.05) is 13.6 Å². The Bertz CT molecular complexity index is 445. The molecule has 18 heavy (non-hydrogen) atoms. The maximum absolute atomic E-state index is 13.4. The standard InChI is InChI=1S/C11H11F4NO2/c1-16(6-11(13,14)15)5-8-3-2-7(10(17)18)4-9(8)12/h2-4H,5-6H2,1H3,(H,17,18). The lowest BCUT2D eigenvalue weighted by atomic mass is 10.1. The summed E-state index contributed by atoms with van der Waals surface area (Å²) in [5.74, 6) is -2.12. The molecule has 0 aliphatic carbocycles. The summed E-state index contributed by atoms with van der Waals surface area (Å²) in [6.45, 7) is -1.40. The average molecular weight is 265 g/mol. The Morgan fingerprint density at radius 1 is 1.39 bits per heavy atom. The molecule has 0 heterocycles. The molecule has 3 nitrogen and oxygen atoms in total. The predicted octanol–water partition coefficient (Wildman–Crippen LogP) is 2.52. The number of nitrogens with zero attached hydrogens (tertiary/aromatic N) is 1. The summed E-state index contributed by atoms with van der Waals surface area (Å²) in [5, 5.41) is 8.61. The zero-order valence-corrected chi connectivity index (χ0v) is 9.46. The highest BCUT2D eigenvalue weighted by Gasteiger charge is 2.29. The van der Waals surface area contributed by atoms with Crippen molar-refractivity contribution < 1.29 is 27.5 Å². The van der Waals surface area contributed by atoms with Gasteiger partial charge in [0.25, 0.3) is 0 Å². The van der Waals surface area contributed by atoms with Gasteiger partial charge in [-0.15, -0.1) is 0 Å². The zero-order valence-electron chi connectivity index (χ0n) is 9.46. The second kappa shape index (κ2) is 5.34. The van der Waals surface area contributed by atoms with Crippen molar-refractivity contribution >= 4 is 5.97 Å². The van der Waals surface area contributed by atoms with E-state index in [2.05, 4.69) is 0 Å². The van der Waals surface area contributed by atoms with Gasteiger partial charge in [-0.2, -0.15) is 13.2 Å². The lowest BCUT2D eigenvalue weighted by Gasteiger charge is -2.18. The fourth-order valence-corrected chi connectivity index (χ4v) is 1.46. The second-order valence-electron chi connectivity index (χ2n) is 3.90. The Morgan fingerprint density at radius 3 is 2.44 bits per heavy atom. The van der Waals surface area contributed by atoms with Crippen molar-refractivity contribution in [2.45, 2.75) is 12.7 Å². The largest absolute Gasteiger partial charge is 0.478 e. The van der Waals surface area contributed by atoms with Crippen LogP contribution in [0.3, 0.4) is 0 Å². The van der Waals surface area contributed by atoms with E-state index in [0.29, 0.717) is 0 Å². The van der Waals surface area contributed by atoms with Crippen molar-refractivity contribution in [3.63, 3.8) is 0 Å². The Morgan fingerprint density at radius 2 is 2.00 bits per heavy atom. The molecule has 0 aromatic heterocycles. The van der Waals surface area contributed by atoms with E-state index < -0.39 is 24.5 Å². The van der Waals surface area contributed by atoms with Crippen LogP contribution in [0.4, 0.5) is 17.6 Å². The molecule has 0 fully saturated rings. The quantitative estimate of drug-likeness (QED) is 0.850. The molecular formula is C11H11F4NO2. The van der Waals surface area contributed by atoms with Crippen LogP contribution in [-0.2, 0) is 6.54 Å². The predicted molar refractivity (Wildman–Crippen MR) is 55.7 cm³/mol. The monoisotopic (exact) mass is 265 g/mol. The molecule has 0 atom stereocenters. The maximum atomic E-state index is 13.4. The molecule has 0 saturated heterocycles. The molecule has 1 rings (SSSR count). The number of alkyl halides is 3. The van der Waals surface area contributed by atoms with Crippen LogP contribution in [0.2, 0.25) is 0 Å². The van der Waals surface area contributed by atoms with E-state index >= 15 is 0 Å². The number of benzene rings is 1. The van der Waals surface area contributed by atoms with Gasteiger partial charge in [0.05, 0.1) is 12.1 Å². The molecule has 0 bridgehead atoms. The minimum Gasteiger partial charge on any atom is -0.478 e.